The lowest BCUT2D eigenvalue weighted by atomic mass is 9.82. The number of piperazine rings is 1. The van der Waals surface area contributed by atoms with Crippen molar-refractivity contribution in [3.8, 4) is 0 Å². The van der Waals surface area contributed by atoms with E-state index < -0.39 is 0 Å². The van der Waals surface area contributed by atoms with Crippen LogP contribution in [0.25, 0.3) is 0 Å². The molecule has 3 aliphatic rings. The Bertz CT molecular complexity index is 587. The maximum atomic E-state index is 12.7. The Morgan fingerprint density at radius 3 is 2.22 bits per heavy atom. The maximum Gasteiger partial charge on any atom is 0.317 e. The minimum atomic E-state index is 0.143. The van der Waals surface area contributed by atoms with Crippen molar-refractivity contribution >= 4 is 6.03 Å². The smallest absolute Gasteiger partial charge is 0.317 e. The molecule has 2 amide bonds. The SMILES string of the molecule is O=C(NC1CCC(c2ccccc2)CC1)N1CCN(C2CCOCC2)CC1. The first kappa shape index (κ1) is 18.8. The largest absolute Gasteiger partial charge is 0.381 e. The third-order valence-electron chi connectivity index (χ3n) is 6.63. The van der Waals surface area contributed by atoms with Crippen molar-refractivity contribution in [3.05, 3.63) is 35.9 Å². The minimum Gasteiger partial charge on any atom is -0.381 e. The van der Waals surface area contributed by atoms with Gasteiger partial charge in [-0.15, -0.1) is 0 Å². The van der Waals surface area contributed by atoms with Crippen molar-refractivity contribution in [2.45, 2.75) is 56.5 Å². The number of carbonyl (C=O) groups excluding carboxylic acids is 1. The number of urea groups is 1. The van der Waals surface area contributed by atoms with Crippen LogP contribution in [0.15, 0.2) is 30.3 Å². The first-order chi connectivity index (χ1) is 13.3. The number of hydrogen-bond acceptors (Lipinski definition) is 3. The fraction of sp³-hybridized carbons (Fsp3) is 0.682. The van der Waals surface area contributed by atoms with Crippen molar-refractivity contribution in [1.29, 1.82) is 0 Å². The van der Waals surface area contributed by atoms with Gasteiger partial charge in [0.1, 0.15) is 0 Å². The van der Waals surface area contributed by atoms with E-state index in [0.717, 1.165) is 65.1 Å². The van der Waals surface area contributed by atoms with Crippen LogP contribution in [-0.4, -0.2) is 67.3 Å². The van der Waals surface area contributed by atoms with Crippen LogP contribution in [0.3, 0.4) is 0 Å². The van der Waals surface area contributed by atoms with Gasteiger partial charge in [0.05, 0.1) is 0 Å². The average molecular weight is 372 g/mol. The van der Waals surface area contributed by atoms with E-state index in [1.165, 1.54) is 18.4 Å². The molecule has 0 spiro atoms. The van der Waals surface area contributed by atoms with Crippen LogP contribution in [0.1, 0.15) is 50.0 Å². The second-order valence-corrected chi connectivity index (χ2v) is 8.28. The van der Waals surface area contributed by atoms with Gasteiger partial charge < -0.3 is 15.0 Å². The summed E-state index contributed by atoms with van der Waals surface area (Å²) in [5, 5.41) is 3.30. The Hall–Kier alpha value is -1.59. The highest BCUT2D eigenvalue weighted by molar-refractivity contribution is 5.74. The summed E-state index contributed by atoms with van der Waals surface area (Å²) < 4.78 is 5.47. The number of benzene rings is 1. The predicted octanol–water partition coefficient (Wildman–Crippen LogP) is 3.22. The summed E-state index contributed by atoms with van der Waals surface area (Å²) in [6.07, 6.45) is 6.80. The number of nitrogens with one attached hydrogen (secondary N) is 1. The van der Waals surface area contributed by atoms with Crippen molar-refractivity contribution in [1.82, 2.24) is 15.1 Å². The first-order valence-corrected chi connectivity index (χ1v) is 10.7. The van der Waals surface area contributed by atoms with Crippen LogP contribution in [0.5, 0.6) is 0 Å². The van der Waals surface area contributed by atoms with Gasteiger partial charge in [-0.3, -0.25) is 4.90 Å². The molecular formula is C22H33N3O2. The predicted molar refractivity (Wildman–Crippen MR) is 107 cm³/mol. The lowest BCUT2D eigenvalue weighted by Crippen LogP contribution is -2.56. The summed E-state index contributed by atoms with van der Waals surface area (Å²) in [7, 11) is 0. The van der Waals surface area contributed by atoms with E-state index in [0.29, 0.717) is 18.0 Å². The highest BCUT2D eigenvalue weighted by Crippen LogP contribution is 2.32. The Kier molecular flexibility index (Phi) is 6.30. The summed E-state index contributed by atoms with van der Waals surface area (Å²) in [5.74, 6) is 0.655. The molecule has 3 fully saturated rings. The second kappa shape index (κ2) is 9.07. The normalized spacial score (nSPS) is 28.1. The number of amides is 2. The first-order valence-electron chi connectivity index (χ1n) is 10.7. The van der Waals surface area contributed by atoms with E-state index in [2.05, 4.69) is 40.5 Å². The van der Waals surface area contributed by atoms with E-state index in [4.69, 9.17) is 4.74 Å². The van der Waals surface area contributed by atoms with Crippen LogP contribution < -0.4 is 5.32 Å². The zero-order chi connectivity index (χ0) is 18.5. The van der Waals surface area contributed by atoms with Crippen LogP contribution in [0, 0.1) is 0 Å². The molecule has 0 radical (unpaired) electrons. The summed E-state index contributed by atoms with van der Waals surface area (Å²) in [6, 6.07) is 11.9. The van der Waals surface area contributed by atoms with Gasteiger partial charge in [0.15, 0.2) is 0 Å². The molecule has 0 unspecified atom stereocenters. The number of rotatable bonds is 3. The van der Waals surface area contributed by atoms with Crippen molar-refractivity contribution < 1.29 is 9.53 Å². The standard InChI is InChI=1S/C22H33N3O2/c26-22(25-14-12-24(13-15-25)21-10-16-27-17-11-21)23-20-8-6-19(7-9-20)18-4-2-1-3-5-18/h1-5,19-21H,6-17H2,(H,23,26). The zero-order valence-corrected chi connectivity index (χ0v) is 16.3. The molecule has 1 N–H and O–H groups in total. The monoisotopic (exact) mass is 371 g/mol. The summed E-state index contributed by atoms with van der Waals surface area (Å²) in [5.41, 5.74) is 1.45. The molecular weight excluding hydrogens is 338 g/mol. The second-order valence-electron chi connectivity index (χ2n) is 8.28. The molecule has 2 saturated heterocycles. The van der Waals surface area contributed by atoms with Gasteiger partial charge in [-0.1, -0.05) is 30.3 Å². The molecule has 27 heavy (non-hydrogen) atoms. The Morgan fingerprint density at radius 1 is 0.889 bits per heavy atom. The molecule has 0 bridgehead atoms. The molecule has 5 nitrogen and oxygen atoms in total. The number of carbonyl (C=O) groups is 1. The maximum absolute atomic E-state index is 12.7. The molecule has 2 aliphatic heterocycles. The Balaban J connectivity index is 1.19. The van der Waals surface area contributed by atoms with Crippen molar-refractivity contribution in [3.63, 3.8) is 0 Å². The van der Waals surface area contributed by atoms with Gasteiger partial charge >= 0.3 is 6.03 Å². The topological polar surface area (TPSA) is 44.8 Å². The van der Waals surface area contributed by atoms with Gasteiger partial charge in [0.2, 0.25) is 0 Å². The van der Waals surface area contributed by atoms with E-state index >= 15 is 0 Å². The van der Waals surface area contributed by atoms with Gasteiger partial charge in [-0.2, -0.15) is 0 Å². The molecule has 5 heteroatoms. The number of hydrogen-bond donors (Lipinski definition) is 1. The molecule has 148 valence electrons. The van der Waals surface area contributed by atoms with E-state index in [1.54, 1.807) is 0 Å². The fourth-order valence-corrected chi connectivity index (χ4v) is 4.90. The fourth-order valence-electron chi connectivity index (χ4n) is 4.90. The third-order valence-corrected chi connectivity index (χ3v) is 6.63. The van der Waals surface area contributed by atoms with Gasteiger partial charge in [0, 0.05) is 51.5 Å². The summed E-state index contributed by atoms with van der Waals surface area (Å²) >= 11 is 0. The lowest BCUT2D eigenvalue weighted by molar-refractivity contribution is 0.0185. The quantitative estimate of drug-likeness (QED) is 0.887. The van der Waals surface area contributed by atoms with E-state index in [1.807, 2.05) is 4.90 Å². The van der Waals surface area contributed by atoms with Crippen LogP contribution in [-0.2, 0) is 4.74 Å². The molecule has 2 heterocycles. The molecule has 1 saturated carbocycles. The third kappa shape index (κ3) is 4.82. The number of ether oxygens (including phenoxy) is 1. The van der Waals surface area contributed by atoms with E-state index in [-0.39, 0.29) is 6.03 Å². The van der Waals surface area contributed by atoms with Crippen LogP contribution in [0.2, 0.25) is 0 Å². The molecule has 1 aromatic rings. The molecule has 1 aromatic carbocycles. The van der Waals surface area contributed by atoms with Crippen LogP contribution >= 0.6 is 0 Å². The molecule has 0 aromatic heterocycles. The average Bonchev–Trinajstić information content (AvgIpc) is 2.76. The van der Waals surface area contributed by atoms with Crippen LogP contribution in [0.4, 0.5) is 4.79 Å². The number of nitrogens with zero attached hydrogens (tertiary/aromatic N) is 2. The van der Waals surface area contributed by atoms with Crippen molar-refractivity contribution in [2.75, 3.05) is 39.4 Å². The highest BCUT2D eigenvalue weighted by atomic mass is 16.5. The zero-order valence-electron chi connectivity index (χ0n) is 16.3. The highest BCUT2D eigenvalue weighted by Gasteiger charge is 2.29. The van der Waals surface area contributed by atoms with Gasteiger partial charge in [0.25, 0.3) is 0 Å². The van der Waals surface area contributed by atoms with E-state index in [9.17, 15) is 4.79 Å². The summed E-state index contributed by atoms with van der Waals surface area (Å²) in [4.78, 5) is 17.2. The molecule has 4 rings (SSSR count). The Morgan fingerprint density at radius 2 is 1.56 bits per heavy atom. The van der Waals surface area contributed by atoms with Gasteiger partial charge in [-0.05, 0) is 50.0 Å². The molecule has 0 atom stereocenters. The van der Waals surface area contributed by atoms with Crippen molar-refractivity contribution in [2.24, 2.45) is 0 Å². The minimum absolute atomic E-state index is 0.143. The Labute approximate surface area is 163 Å². The van der Waals surface area contributed by atoms with Gasteiger partial charge in [-0.25, -0.2) is 4.79 Å². The summed E-state index contributed by atoms with van der Waals surface area (Å²) in [6.45, 7) is 5.47. The lowest BCUT2D eigenvalue weighted by Gasteiger charge is -2.41. The molecule has 1 aliphatic carbocycles.